The largest absolute Gasteiger partial charge is 0.339 e. The number of aryl methyl sites for hydroxylation is 2. The van der Waals surface area contributed by atoms with Crippen molar-refractivity contribution in [2.75, 3.05) is 10.6 Å². The number of amides is 1. The predicted molar refractivity (Wildman–Crippen MR) is 110 cm³/mol. The monoisotopic (exact) mass is 360 g/mol. The third-order valence-corrected chi connectivity index (χ3v) is 4.37. The number of nitrogens with zero attached hydrogens (tertiary/aromatic N) is 2. The van der Waals surface area contributed by atoms with E-state index in [2.05, 4.69) is 34.4 Å². The number of hydrogen-bond acceptors (Lipinski definition) is 4. The van der Waals surface area contributed by atoms with E-state index >= 15 is 0 Å². The third-order valence-electron chi connectivity index (χ3n) is 4.37. The van der Waals surface area contributed by atoms with Gasteiger partial charge in [-0.3, -0.25) is 4.79 Å². The van der Waals surface area contributed by atoms with Gasteiger partial charge in [-0.05, 0) is 43.0 Å². The van der Waals surface area contributed by atoms with Crippen LogP contribution in [0.2, 0.25) is 0 Å². The fourth-order valence-electron chi connectivity index (χ4n) is 2.81. The minimum Gasteiger partial charge on any atom is -0.339 e. The Labute approximate surface area is 159 Å². The summed E-state index contributed by atoms with van der Waals surface area (Å²) in [5, 5.41) is 6.16. The first-order valence-corrected chi connectivity index (χ1v) is 9.00. The van der Waals surface area contributed by atoms with Gasteiger partial charge in [-0.1, -0.05) is 49.7 Å². The smallest absolute Gasteiger partial charge is 0.275 e. The highest BCUT2D eigenvalue weighted by molar-refractivity contribution is 6.03. The SMILES string of the molecule is Cc1ccc(Nc2cnc(C(=O)Nc3c(C)cccc3C(C)C)cn2)cc1. The second-order valence-electron chi connectivity index (χ2n) is 6.93. The Morgan fingerprint density at radius 2 is 1.70 bits per heavy atom. The maximum atomic E-state index is 12.6. The van der Waals surface area contributed by atoms with Crippen LogP contribution in [0.25, 0.3) is 0 Å². The van der Waals surface area contributed by atoms with Crippen LogP contribution in [0.15, 0.2) is 54.9 Å². The molecule has 138 valence electrons. The minimum absolute atomic E-state index is 0.263. The molecular formula is C22H24N4O. The number of benzene rings is 2. The summed E-state index contributed by atoms with van der Waals surface area (Å²) >= 11 is 0. The topological polar surface area (TPSA) is 66.9 Å². The number of nitrogens with one attached hydrogen (secondary N) is 2. The van der Waals surface area contributed by atoms with Gasteiger partial charge >= 0.3 is 0 Å². The maximum absolute atomic E-state index is 12.6. The average Bonchev–Trinajstić information content (AvgIpc) is 2.65. The molecule has 3 rings (SSSR count). The molecule has 0 saturated heterocycles. The first-order valence-electron chi connectivity index (χ1n) is 9.00. The second-order valence-corrected chi connectivity index (χ2v) is 6.93. The van der Waals surface area contributed by atoms with Gasteiger partial charge in [-0.2, -0.15) is 0 Å². The molecule has 1 heterocycles. The molecule has 0 atom stereocenters. The Morgan fingerprint density at radius 3 is 2.33 bits per heavy atom. The molecule has 2 N–H and O–H groups in total. The molecule has 0 spiro atoms. The van der Waals surface area contributed by atoms with Crippen molar-refractivity contribution in [1.29, 1.82) is 0 Å². The highest BCUT2D eigenvalue weighted by Gasteiger charge is 2.14. The molecule has 0 fully saturated rings. The Balaban J connectivity index is 1.74. The molecule has 0 aliphatic heterocycles. The standard InChI is InChI=1S/C22H24N4O/c1-14(2)18-7-5-6-16(4)21(18)26-22(27)19-12-24-20(13-23-19)25-17-10-8-15(3)9-11-17/h5-14H,1-4H3,(H,24,25)(H,26,27). The quantitative estimate of drug-likeness (QED) is 0.655. The molecule has 5 nitrogen and oxygen atoms in total. The summed E-state index contributed by atoms with van der Waals surface area (Å²) in [6, 6.07) is 14.0. The molecule has 1 amide bonds. The highest BCUT2D eigenvalue weighted by Crippen LogP contribution is 2.27. The summed E-state index contributed by atoms with van der Waals surface area (Å²) in [5.74, 6) is 0.641. The van der Waals surface area contributed by atoms with Gasteiger partial charge in [0.25, 0.3) is 5.91 Å². The van der Waals surface area contributed by atoms with Crippen LogP contribution in [0.4, 0.5) is 17.2 Å². The number of carbonyl (C=O) groups excluding carboxylic acids is 1. The van der Waals surface area contributed by atoms with Crippen molar-refractivity contribution in [3.63, 3.8) is 0 Å². The first-order chi connectivity index (χ1) is 12.9. The molecule has 27 heavy (non-hydrogen) atoms. The van der Waals surface area contributed by atoms with Crippen LogP contribution in [-0.4, -0.2) is 15.9 Å². The first kappa shape index (κ1) is 18.6. The molecule has 0 aliphatic carbocycles. The average molecular weight is 360 g/mol. The molecule has 1 aromatic heterocycles. The summed E-state index contributed by atoms with van der Waals surface area (Å²) in [5.41, 5.74) is 5.38. The van der Waals surface area contributed by atoms with Gasteiger partial charge < -0.3 is 10.6 Å². The minimum atomic E-state index is -0.263. The van der Waals surface area contributed by atoms with Gasteiger partial charge in [0.2, 0.25) is 0 Å². The van der Waals surface area contributed by atoms with E-state index in [0.717, 1.165) is 22.5 Å². The number of para-hydroxylation sites is 1. The van der Waals surface area contributed by atoms with Crippen molar-refractivity contribution in [2.24, 2.45) is 0 Å². The third kappa shape index (κ3) is 4.50. The van der Waals surface area contributed by atoms with E-state index < -0.39 is 0 Å². The van der Waals surface area contributed by atoms with Gasteiger partial charge in [0.15, 0.2) is 0 Å². The number of rotatable bonds is 5. The molecule has 0 aliphatic rings. The van der Waals surface area contributed by atoms with Crippen molar-refractivity contribution in [3.8, 4) is 0 Å². The van der Waals surface area contributed by atoms with Crippen molar-refractivity contribution in [2.45, 2.75) is 33.6 Å². The number of anilines is 3. The van der Waals surface area contributed by atoms with Crippen molar-refractivity contribution in [1.82, 2.24) is 9.97 Å². The lowest BCUT2D eigenvalue weighted by molar-refractivity contribution is 0.102. The van der Waals surface area contributed by atoms with Crippen LogP contribution in [0.1, 0.15) is 46.9 Å². The zero-order valence-electron chi connectivity index (χ0n) is 16.1. The molecule has 0 saturated carbocycles. The van der Waals surface area contributed by atoms with Gasteiger partial charge in [0.1, 0.15) is 11.5 Å². The summed E-state index contributed by atoms with van der Waals surface area (Å²) < 4.78 is 0. The highest BCUT2D eigenvalue weighted by atomic mass is 16.1. The van der Waals surface area contributed by atoms with Crippen LogP contribution in [0.3, 0.4) is 0 Å². The maximum Gasteiger partial charge on any atom is 0.275 e. The van der Waals surface area contributed by atoms with E-state index in [0.29, 0.717) is 11.7 Å². The number of hydrogen-bond donors (Lipinski definition) is 2. The summed E-state index contributed by atoms with van der Waals surface area (Å²) in [7, 11) is 0. The second kappa shape index (κ2) is 7.99. The molecule has 2 aromatic carbocycles. The van der Waals surface area contributed by atoms with Crippen LogP contribution < -0.4 is 10.6 Å². The van der Waals surface area contributed by atoms with Crippen molar-refractivity contribution in [3.05, 3.63) is 77.2 Å². The molecule has 0 radical (unpaired) electrons. The van der Waals surface area contributed by atoms with Gasteiger partial charge in [0, 0.05) is 11.4 Å². The van der Waals surface area contributed by atoms with Gasteiger partial charge in [-0.25, -0.2) is 9.97 Å². The lowest BCUT2D eigenvalue weighted by Gasteiger charge is -2.16. The predicted octanol–water partition coefficient (Wildman–Crippen LogP) is 5.21. The Kier molecular flexibility index (Phi) is 5.50. The van der Waals surface area contributed by atoms with E-state index in [1.807, 2.05) is 56.3 Å². The van der Waals surface area contributed by atoms with E-state index in [1.54, 1.807) is 6.20 Å². The van der Waals surface area contributed by atoms with E-state index in [-0.39, 0.29) is 11.6 Å². The number of aromatic nitrogens is 2. The fraction of sp³-hybridized carbons (Fsp3) is 0.227. The molecule has 3 aromatic rings. The van der Waals surface area contributed by atoms with Gasteiger partial charge in [0.05, 0.1) is 12.4 Å². The Hall–Kier alpha value is -3.21. The summed E-state index contributed by atoms with van der Waals surface area (Å²) in [4.78, 5) is 21.2. The van der Waals surface area contributed by atoms with Crippen LogP contribution in [0.5, 0.6) is 0 Å². The van der Waals surface area contributed by atoms with E-state index in [1.165, 1.54) is 11.8 Å². The van der Waals surface area contributed by atoms with Crippen molar-refractivity contribution >= 4 is 23.1 Å². The normalized spacial score (nSPS) is 10.7. The summed E-state index contributed by atoms with van der Waals surface area (Å²) in [6.45, 7) is 8.24. The zero-order chi connectivity index (χ0) is 19.4. The van der Waals surface area contributed by atoms with Gasteiger partial charge in [-0.15, -0.1) is 0 Å². The Bertz CT molecular complexity index is 932. The molecule has 0 unspecified atom stereocenters. The van der Waals surface area contributed by atoms with E-state index in [9.17, 15) is 4.79 Å². The Morgan fingerprint density at radius 1 is 0.963 bits per heavy atom. The van der Waals surface area contributed by atoms with Crippen LogP contribution >= 0.6 is 0 Å². The zero-order valence-corrected chi connectivity index (χ0v) is 16.1. The van der Waals surface area contributed by atoms with Crippen molar-refractivity contribution < 1.29 is 4.79 Å². The fourth-order valence-corrected chi connectivity index (χ4v) is 2.81. The summed E-state index contributed by atoms with van der Waals surface area (Å²) in [6.07, 6.45) is 3.05. The molecular weight excluding hydrogens is 336 g/mol. The van der Waals surface area contributed by atoms with Crippen LogP contribution in [-0.2, 0) is 0 Å². The van der Waals surface area contributed by atoms with E-state index in [4.69, 9.17) is 0 Å². The number of carbonyl (C=O) groups is 1. The lowest BCUT2D eigenvalue weighted by Crippen LogP contribution is -2.16. The van der Waals surface area contributed by atoms with Crippen LogP contribution in [0, 0.1) is 13.8 Å². The molecule has 5 heteroatoms. The lowest BCUT2D eigenvalue weighted by atomic mass is 9.98. The molecule has 0 bridgehead atoms.